The van der Waals surface area contributed by atoms with Crippen LogP contribution in [0, 0.1) is 0 Å². The summed E-state index contributed by atoms with van der Waals surface area (Å²) in [6.07, 6.45) is 9.19. The van der Waals surface area contributed by atoms with Crippen LogP contribution in [0.1, 0.15) is 61.6 Å². The molecular weight excluding hydrogens is 391 g/mol. The summed E-state index contributed by atoms with van der Waals surface area (Å²) in [5.41, 5.74) is 1.11. The maximum Gasteiger partial charge on any atom is 0.417 e. The monoisotopic (exact) mass is 419 g/mol. The Morgan fingerprint density at radius 2 is 1.80 bits per heavy atom. The predicted octanol–water partition coefficient (Wildman–Crippen LogP) is 5.04. The fourth-order valence-corrected chi connectivity index (χ4v) is 5.17. The Labute approximate surface area is 175 Å². The Balaban J connectivity index is 1.43. The van der Waals surface area contributed by atoms with Crippen molar-refractivity contribution < 1.29 is 17.9 Å². The molecule has 0 amide bonds. The molecule has 162 valence electrons. The average Bonchev–Trinajstić information content (AvgIpc) is 3.19. The smallest absolute Gasteiger partial charge is 0.375 e. The molecule has 1 saturated carbocycles. The molecule has 2 aromatic heterocycles. The Hall–Kier alpha value is -1.99. The van der Waals surface area contributed by atoms with Crippen LogP contribution in [0.2, 0.25) is 0 Å². The van der Waals surface area contributed by atoms with E-state index < -0.39 is 11.7 Å². The molecule has 4 rings (SSSR count). The molecule has 0 bridgehead atoms. The van der Waals surface area contributed by atoms with Crippen LogP contribution in [0.5, 0.6) is 0 Å². The van der Waals surface area contributed by atoms with Crippen molar-refractivity contribution in [2.24, 2.45) is 0 Å². The van der Waals surface area contributed by atoms with Crippen molar-refractivity contribution in [2.75, 3.05) is 13.2 Å². The fourth-order valence-electron chi connectivity index (χ4n) is 5.17. The predicted molar refractivity (Wildman–Crippen MR) is 108 cm³/mol. The summed E-state index contributed by atoms with van der Waals surface area (Å²) in [5.74, 6) is 0. The van der Waals surface area contributed by atoms with E-state index >= 15 is 0 Å². The lowest BCUT2D eigenvalue weighted by molar-refractivity contribution is -0.137. The molecule has 1 spiro atoms. The third-order valence-corrected chi connectivity index (χ3v) is 6.69. The van der Waals surface area contributed by atoms with E-state index in [1.165, 1.54) is 30.7 Å². The molecule has 2 aromatic rings. The van der Waals surface area contributed by atoms with Crippen LogP contribution in [0.3, 0.4) is 0 Å². The number of nitrogens with one attached hydrogen (secondary N) is 1. The standard InChI is InChI=1S/C23H28F3N3O/c24-23(25,26)20-13-18(15-29-16-20)14-28-11-7-21(19-3-9-27-10-4-19)8-12-30-22(17-21)5-1-2-6-22/h3-4,9-10,13,15-16,28H,1-2,5-8,11-12,14,17H2/t21-/m1/s1. The van der Waals surface area contributed by atoms with E-state index in [0.29, 0.717) is 18.7 Å². The lowest BCUT2D eigenvalue weighted by Crippen LogP contribution is -2.47. The van der Waals surface area contributed by atoms with Crippen LogP contribution in [0.25, 0.3) is 0 Å². The second-order valence-electron chi connectivity index (χ2n) is 8.69. The Morgan fingerprint density at radius 3 is 2.53 bits per heavy atom. The molecule has 0 unspecified atom stereocenters. The number of halogens is 3. The van der Waals surface area contributed by atoms with Crippen molar-refractivity contribution in [3.05, 3.63) is 59.7 Å². The normalized spacial score (nSPS) is 23.7. The summed E-state index contributed by atoms with van der Waals surface area (Å²) < 4.78 is 45.0. The van der Waals surface area contributed by atoms with Crippen LogP contribution < -0.4 is 5.32 Å². The van der Waals surface area contributed by atoms with Gasteiger partial charge in [0.2, 0.25) is 0 Å². The second-order valence-corrected chi connectivity index (χ2v) is 8.69. The van der Waals surface area contributed by atoms with Crippen molar-refractivity contribution in [3.8, 4) is 0 Å². The zero-order valence-corrected chi connectivity index (χ0v) is 17.0. The molecule has 1 aliphatic carbocycles. The van der Waals surface area contributed by atoms with E-state index in [4.69, 9.17) is 4.74 Å². The van der Waals surface area contributed by atoms with Crippen LogP contribution in [-0.2, 0) is 22.9 Å². The Bertz CT molecular complexity index is 837. The summed E-state index contributed by atoms with van der Waals surface area (Å²) in [6, 6.07) is 5.37. The minimum absolute atomic E-state index is 0.00456. The summed E-state index contributed by atoms with van der Waals surface area (Å²) in [6.45, 7) is 1.83. The second kappa shape index (κ2) is 8.63. The number of nitrogens with zero attached hydrogens (tertiary/aromatic N) is 2. The number of aromatic nitrogens is 2. The van der Waals surface area contributed by atoms with E-state index in [9.17, 15) is 13.2 Å². The first kappa shape index (κ1) is 21.2. The van der Waals surface area contributed by atoms with Gasteiger partial charge < -0.3 is 10.1 Å². The molecule has 1 N–H and O–H groups in total. The van der Waals surface area contributed by atoms with Crippen LogP contribution in [0.15, 0.2) is 43.0 Å². The highest BCUT2D eigenvalue weighted by Crippen LogP contribution is 2.49. The molecular formula is C23H28F3N3O. The molecule has 7 heteroatoms. The number of alkyl halides is 3. The van der Waals surface area contributed by atoms with Gasteiger partial charge in [0.05, 0.1) is 11.2 Å². The minimum atomic E-state index is -4.37. The molecule has 4 nitrogen and oxygen atoms in total. The van der Waals surface area contributed by atoms with Crippen LogP contribution >= 0.6 is 0 Å². The average molecular weight is 419 g/mol. The van der Waals surface area contributed by atoms with Gasteiger partial charge in [-0.05, 0) is 68.0 Å². The number of rotatable bonds is 6. The van der Waals surface area contributed by atoms with E-state index in [1.54, 1.807) is 0 Å². The first-order valence-electron chi connectivity index (χ1n) is 10.7. The first-order chi connectivity index (χ1) is 14.4. The number of pyridine rings is 2. The fraction of sp³-hybridized carbons (Fsp3) is 0.565. The summed E-state index contributed by atoms with van der Waals surface area (Å²) in [5, 5.41) is 3.34. The highest BCUT2D eigenvalue weighted by atomic mass is 19.4. The highest BCUT2D eigenvalue weighted by Gasteiger charge is 2.47. The first-order valence-corrected chi connectivity index (χ1v) is 10.7. The van der Waals surface area contributed by atoms with Crippen molar-refractivity contribution in [1.29, 1.82) is 0 Å². The zero-order valence-electron chi connectivity index (χ0n) is 17.0. The molecule has 3 heterocycles. The Morgan fingerprint density at radius 1 is 1.03 bits per heavy atom. The topological polar surface area (TPSA) is 47.0 Å². The van der Waals surface area contributed by atoms with E-state index in [0.717, 1.165) is 44.9 Å². The van der Waals surface area contributed by atoms with Gasteiger partial charge in [-0.25, -0.2) is 0 Å². The lowest BCUT2D eigenvalue weighted by Gasteiger charge is -2.47. The minimum Gasteiger partial charge on any atom is -0.375 e. The van der Waals surface area contributed by atoms with Gasteiger partial charge in [0.1, 0.15) is 0 Å². The van der Waals surface area contributed by atoms with E-state index in [2.05, 4.69) is 27.4 Å². The molecule has 1 saturated heterocycles. The van der Waals surface area contributed by atoms with Gasteiger partial charge in [0, 0.05) is 43.4 Å². The van der Waals surface area contributed by atoms with Gasteiger partial charge in [-0.2, -0.15) is 13.2 Å². The number of hydrogen-bond acceptors (Lipinski definition) is 4. The van der Waals surface area contributed by atoms with Gasteiger partial charge in [-0.1, -0.05) is 12.8 Å². The van der Waals surface area contributed by atoms with Gasteiger partial charge in [-0.3, -0.25) is 9.97 Å². The number of hydrogen-bond donors (Lipinski definition) is 1. The molecule has 30 heavy (non-hydrogen) atoms. The maximum absolute atomic E-state index is 12.9. The molecule has 1 atom stereocenters. The molecule has 2 fully saturated rings. The third kappa shape index (κ3) is 4.67. The summed E-state index contributed by atoms with van der Waals surface area (Å²) in [7, 11) is 0. The number of ether oxygens (including phenoxy) is 1. The molecule has 2 aliphatic rings. The lowest BCUT2D eigenvalue weighted by atomic mass is 9.66. The van der Waals surface area contributed by atoms with E-state index in [-0.39, 0.29) is 11.0 Å². The van der Waals surface area contributed by atoms with Crippen LogP contribution in [0.4, 0.5) is 13.2 Å². The quantitative estimate of drug-likeness (QED) is 0.667. The van der Waals surface area contributed by atoms with Crippen LogP contribution in [-0.4, -0.2) is 28.7 Å². The van der Waals surface area contributed by atoms with Gasteiger partial charge in [0.25, 0.3) is 0 Å². The van der Waals surface area contributed by atoms with Crippen molar-refractivity contribution in [3.63, 3.8) is 0 Å². The van der Waals surface area contributed by atoms with Gasteiger partial charge in [0.15, 0.2) is 0 Å². The maximum atomic E-state index is 12.9. The van der Waals surface area contributed by atoms with Crippen molar-refractivity contribution in [1.82, 2.24) is 15.3 Å². The molecule has 1 aliphatic heterocycles. The summed E-state index contributed by atoms with van der Waals surface area (Å²) in [4.78, 5) is 7.92. The SMILES string of the molecule is FC(F)(F)c1cncc(CNCC[C@@]2(c3ccncc3)CCOC3(CCCC3)C2)c1. The third-order valence-electron chi connectivity index (χ3n) is 6.69. The highest BCUT2D eigenvalue weighted by molar-refractivity contribution is 5.26. The Kier molecular flexibility index (Phi) is 6.11. The van der Waals surface area contributed by atoms with E-state index in [1.807, 2.05) is 12.4 Å². The summed E-state index contributed by atoms with van der Waals surface area (Å²) >= 11 is 0. The molecule has 0 aromatic carbocycles. The molecule has 0 radical (unpaired) electrons. The van der Waals surface area contributed by atoms with Gasteiger partial charge >= 0.3 is 6.18 Å². The van der Waals surface area contributed by atoms with Crippen molar-refractivity contribution >= 4 is 0 Å². The van der Waals surface area contributed by atoms with Gasteiger partial charge in [-0.15, -0.1) is 0 Å². The largest absolute Gasteiger partial charge is 0.417 e. The zero-order chi connectivity index (χ0) is 21.1. The van der Waals surface area contributed by atoms with Crippen molar-refractivity contribution in [2.45, 2.75) is 68.7 Å².